The molecule has 2 rings (SSSR count). The van der Waals surface area contributed by atoms with Crippen LogP contribution in [0, 0.1) is 6.92 Å². The van der Waals surface area contributed by atoms with E-state index in [1.165, 1.54) is 0 Å². The Morgan fingerprint density at radius 1 is 1.53 bits per heavy atom. The number of rotatable bonds is 4. The van der Waals surface area contributed by atoms with Crippen LogP contribution in [0.5, 0.6) is 0 Å². The average molecular weight is 340 g/mol. The summed E-state index contributed by atoms with van der Waals surface area (Å²) in [5.74, 6) is -0.110. The minimum Gasteiger partial charge on any atom is -0.398 e. The second-order valence-corrected chi connectivity index (χ2v) is 5.79. The largest absolute Gasteiger partial charge is 0.398 e. The molecule has 100 valence electrons. The van der Waals surface area contributed by atoms with Gasteiger partial charge in [-0.15, -0.1) is 11.3 Å². The van der Waals surface area contributed by atoms with Gasteiger partial charge >= 0.3 is 0 Å². The van der Waals surface area contributed by atoms with Crippen LogP contribution >= 0.6 is 27.3 Å². The maximum absolute atomic E-state index is 12.1. The molecule has 0 unspecified atom stereocenters. The fourth-order valence-corrected chi connectivity index (χ4v) is 2.76. The quantitative estimate of drug-likeness (QED) is 0.841. The Balaban J connectivity index is 2.00. The van der Waals surface area contributed by atoms with E-state index < -0.39 is 0 Å². The minimum absolute atomic E-state index is 0.110. The van der Waals surface area contributed by atoms with Crippen LogP contribution in [0.2, 0.25) is 0 Å². The molecule has 0 radical (unpaired) electrons. The molecule has 1 aromatic heterocycles. The molecule has 0 saturated carbocycles. The van der Waals surface area contributed by atoms with Gasteiger partial charge in [0.25, 0.3) is 5.91 Å². The summed E-state index contributed by atoms with van der Waals surface area (Å²) in [5, 5.41) is 4.86. The van der Waals surface area contributed by atoms with Crippen LogP contribution in [-0.4, -0.2) is 17.4 Å². The number of nitrogen functional groups attached to an aromatic ring is 1. The number of aromatic nitrogens is 1. The molecule has 0 aliphatic carbocycles. The maximum atomic E-state index is 12.1. The van der Waals surface area contributed by atoms with Gasteiger partial charge in [0.15, 0.2) is 0 Å². The smallest absolute Gasteiger partial charge is 0.251 e. The first-order chi connectivity index (χ1) is 9.08. The van der Waals surface area contributed by atoms with Gasteiger partial charge in [-0.05, 0) is 24.6 Å². The average Bonchev–Trinajstić information content (AvgIpc) is 2.86. The molecule has 6 heteroatoms. The number of amides is 1. The molecule has 0 aliphatic rings. The summed E-state index contributed by atoms with van der Waals surface area (Å²) in [6.45, 7) is 2.41. The second-order valence-electron chi connectivity index (χ2n) is 4.15. The summed E-state index contributed by atoms with van der Waals surface area (Å²) in [7, 11) is 0. The van der Waals surface area contributed by atoms with Gasteiger partial charge in [0.1, 0.15) is 0 Å². The molecule has 1 heterocycles. The number of nitrogens with zero attached hydrogens (tertiary/aromatic N) is 1. The molecule has 0 atom stereocenters. The van der Waals surface area contributed by atoms with Gasteiger partial charge in [-0.3, -0.25) is 4.79 Å². The predicted molar refractivity (Wildman–Crippen MR) is 81.4 cm³/mol. The zero-order valence-electron chi connectivity index (χ0n) is 10.4. The van der Waals surface area contributed by atoms with E-state index in [1.807, 2.05) is 12.3 Å². The summed E-state index contributed by atoms with van der Waals surface area (Å²) in [6.07, 6.45) is 0.734. The molecule has 0 bridgehead atoms. The van der Waals surface area contributed by atoms with Crippen LogP contribution in [0.15, 0.2) is 27.5 Å². The third kappa shape index (κ3) is 3.54. The van der Waals surface area contributed by atoms with Crippen molar-refractivity contribution in [2.75, 3.05) is 12.3 Å². The van der Waals surface area contributed by atoms with E-state index >= 15 is 0 Å². The van der Waals surface area contributed by atoms with Gasteiger partial charge < -0.3 is 11.1 Å². The maximum Gasteiger partial charge on any atom is 0.251 e. The van der Waals surface area contributed by atoms with Gasteiger partial charge in [0.2, 0.25) is 0 Å². The third-order valence-corrected chi connectivity index (χ3v) is 3.90. The predicted octanol–water partition coefficient (Wildman–Crippen LogP) is 2.77. The van der Waals surface area contributed by atoms with Crippen molar-refractivity contribution in [2.45, 2.75) is 13.3 Å². The van der Waals surface area contributed by atoms with Crippen molar-refractivity contribution in [3.05, 3.63) is 44.3 Å². The summed E-state index contributed by atoms with van der Waals surface area (Å²) in [6, 6.07) is 3.57. The first-order valence-electron chi connectivity index (χ1n) is 5.79. The molecule has 0 saturated heterocycles. The van der Waals surface area contributed by atoms with Crippen LogP contribution in [0.4, 0.5) is 5.69 Å². The Morgan fingerprint density at radius 2 is 2.32 bits per heavy atom. The monoisotopic (exact) mass is 339 g/mol. The number of benzene rings is 1. The fourth-order valence-electron chi connectivity index (χ4n) is 1.70. The number of nitrogens with one attached hydrogen (secondary N) is 1. The highest BCUT2D eigenvalue weighted by molar-refractivity contribution is 9.10. The standard InChI is InChI=1S/C13H14BrN3OS/c1-8-11(4-9(14)5-12(8)15)13(18)16-3-2-10-6-19-7-17-10/h4-7H,2-3,15H2,1H3,(H,16,18). The summed E-state index contributed by atoms with van der Waals surface area (Å²) in [4.78, 5) is 16.3. The molecular formula is C13H14BrN3OS. The highest BCUT2D eigenvalue weighted by Gasteiger charge is 2.11. The number of carbonyl (C=O) groups is 1. The molecule has 0 aliphatic heterocycles. The number of halogens is 1. The van der Waals surface area contributed by atoms with Crippen LogP contribution in [0.3, 0.4) is 0 Å². The van der Waals surface area contributed by atoms with E-state index in [1.54, 1.807) is 29.0 Å². The van der Waals surface area contributed by atoms with E-state index in [0.717, 1.165) is 22.2 Å². The molecule has 1 amide bonds. The zero-order chi connectivity index (χ0) is 13.8. The van der Waals surface area contributed by atoms with Gasteiger partial charge in [-0.1, -0.05) is 15.9 Å². The molecule has 0 spiro atoms. The SMILES string of the molecule is Cc1c(N)cc(Br)cc1C(=O)NCCc1cscn1. The van der Waals surface area contributed by atoms with Crippen molar-refractivity contribution in [1.29, 1.82) is 0 Å². The fraction of sp³-hybridized carbons (Fsp3) is 0.231. The van der Waals surface area contributed by atoms with E-state index in [4.69, 9.17) is 5.73 Å². The third-order valence-electron chi connectivity index (χ3n) is 2.81. The van der Waals surface area contributed by atoms with Crippen molar-refractivity contribution in [1.82, 2.24) is 10.3 Å². The van der Waals surface area contributed by atoms with Gasteiger partial charge in [0.05, 0.1) is 11.2 Å². The zero-order valence-corrected chi connectivity index (χ0v) is 12.8. The first kappa shape index (κ1) is 14.0. The van der Waals surface area contributed by atoms with Crippen LogP contribution in [-0.2, 0) is 6.42 Å². The van der Waals surface area contributed by atoms with Crippen molar-refractivity contribution in [2.24, 2.45) is 0 Å². The minimum atomic E-state index is -0.110. The Kier molecular flexibility index (Phi) is 4.55. The lowest BCUT2D eigenvalue weighted by Crippen LogP contribution is -2.26. The normalized spacial score (nSPS) is 10.4. The molecule has 19 heavy (non-hydrogen) atoms. The Morgan fingerprint density at radius 3 is 3.00 bits per heavy atom. The van der Waals surface area contributed by atoms with Crippen LogP contribution in [0.25, 0.3) is 0 Å². The second kappa shape index (κ2) is 6.16. The lowest BCUT2D eigenvalue weighted by atomic mass is 10.1. The van der Waals surface area contributed by atoms with Gasteiger partial charge in [0, 0.05) is 34.1 Å². The number of nitrogens with two attached hydrogens (primary N) is 1. The Labute approximate surface area is 124 Å². The number of carbonyl (C=O) groups excluding carboxylic acids is 1. The number of hydrogen-bond acceptors (Lipinski definition) is 4. The Bertz CT molecular complexity index is 584. The van der Waals surface area contributed by atoms with Crippen molar-refractivity contribution in [3.63, 3.8) is 0 Å². The van der Waals surface area contributed by atoms with E-state index in [9.17, 15) is 4.79 Å². The lowest BCUT2D eigenvalue weighted by Gasteiger charge is -2.10. The number of anilines is 1. The number of hydrogen-bond donors (Lipinski definition) is 2. The topological polar surface area (TPSA) is 68.0 Å². The van der Waals surface area contributed by atoms with Crippen LogP contribution in [0.1, 0.15) is 21.6 Å². The molecule has 0 fully saturated rings. The molecular weight excluding hydrogens is 326 g/mol. The highest BCUT2D eigenvalue weighted by atomic mass is 79.9. The van der Waals surface area contributed by atoms with E-state index in [0.29, 0.717) is 17.8 Å². The van der Waals surface area contributed by atoms with Crippen molar-refractivity contribution < 1.29 is 4.79 Å². The van der Waals surface area contributed by atoms with E-state index in [2.05, 4.69) is 26.2 Å². The first-order valence-corrected chi connectivity index (χ1v) is 7.52. The molecule has 3 N–H and O–H groups in total. The lowest BCUT2D eigenvalue weighted by molar-refractivity contribution is 0.0953. The molecule has 2 aromatic rings. The highest BCUT2D eigenvalue weighted by Crippen LogP contribution is 2.22. The number of thiazole rings is 1. The summed E-state index contributed by atoms with van der Waals surface area (Å²) >= 11 is 4.90. The van der Waals surface area contributed by atoms with Crippen molar-refractivity contribution >= 4 is 38.9 Å². The van der Waals surface area contributed by atoms with E-state index in [-0.39, 0.29) is 5.91 Å². The van der Waals surface area contributed by atoms with Crippen molar-refractivity contribution in [3.8, 4) is 0 Å². The van der Waals surface area contributed by atoms with Gasteiger partial charge in [-0.2, -0.15) is 0 Å². The molecule has 1 aromatic carbocycles. The van der Waals surface area contributed by atoms with Crippen LogP contribution < -0.4 is 11.1 Å². The summed E-state index contributed by atoms with van der Waals surface area (Å²) in [5.41, 5.74) is 10.6. The molecule has 4 nitrogen and oxygen atoms in total. The van der Waals surface area contributed by atoms with Gasteiger partial charge in [-0.25, -0.2) is 4.98 Å². The Hall–Kier alpha value is -1.40. The summed E-state index contributed by atoms with van der Waals surface area (Å²) < 4.78 is 0.806.